The van der Waals surface area contributed by atoms with Gasteiger partial charge in [-0.15, -0.1) is 11.5 Å². The number of hydrogen-bond donors (Lipinski definition) is 0. The van der Waals surface area contributed by atoms with Crippen LogP contribution in [0.2, 0.25) is 0 Å². The molecule has 0 amide bonds. The second kappa shape index (κ2) is 3.59. The number of rotatable bonds is 4. The molecule has 0 saturated heterocycles. The van der Waals surface area contributed by atoms with Gasteiger partial charge in [0.1, 0.15) is 0 Å². The van der Waals surface area contributed by atoms with Gasteiger partial charge in [-0.3, -0.25) is 0 Å². The van der Waals surface area contributed by atoms with Crippen molar-refractivity contribution in [3.8, 4) is 0 Å². The van der Waals surface area contributed by atoms with E-state index in [-0.39, 0.29) is 10.2 Å². The van der Waals surface area contributed by atoms with Gasteiger partial charge in [0, 0.05) is 21.3 Å². The number of nitrogens with zero attached hydrogens (tertiary/aromatic N) is 1. The van der Waals surface area contributed by atoms with E-state index >= 15 is 0 Å². The second-order valence-electron chi connectivity index (χ2n) is 6.29. The van der Waals surface area contributed by atoms with E-state index in [0.717, 1.165) is 19.3 Å². The molecule has 0 heterocycles. The molecule has 0 N–H and O–H groups in total. The quantitative estimate of drug-likeness (QED) is 0.409. The van der Waals surface area contributed by atoms with Gasteiger partial charge in [-0.2, -0.15) is 0 Å². The van der Waals surface area contributed by atoms with Gasteiger partial charge in [0.05, 0.1) is 0 Å². The molecule has 2 fully saturated rings. The zero-order valence-corrected chi connectivity index (χ0v) is 11.3. The van der Waals surface area contributed by atoms with Gasteiger partial charge in [0.2, 0.25) is 0 Å². The number of nitroso groups, excluding NO2 is 1. The lowest BCUT2D eigenvalue weighted by Gasteiger charge is -2.46. The Morgan fingerprint density at radius 2 is 2.12 bits per heavy atom. The lowest BCUT2D eigenvalue weighted by atomic mass is 9.62. The van der Waals surface area contributed by atoms with Crippen LogP contribution in [0.5, 0.6) is 0 Å². The summed E-state index contributed by atoms with van der Waals surface area (Å²) in [5, 5.41) is 0. The normalized spacial score (nSPS) is 44.6. The monoisotopic (exact) mass is 239 g/mol. The first-order valence-electron chi connectivity index (χ1n) is 6.04. The van der Waals surface area contributed by atoms with Crippen molar-refractivity contribution < 1.29 is 0 Å². The first-order valence-corrected chi connectivity index (χ1v) is 6.81. The van der Waals surface area contributed by atoms with Crippen LogP contribution in [-0.4, -0.2) is 4.75 Å². The second-order valence-corrected chi connectivity index (χ2v) is 7.40. The fourth-order valence-corrected chi connectivity index (χ4v) is 5.47. The summed E-state index contributed by atoms with van der Waals surface area (Å²) in [6.07, 6.45) is 6.61. The Bertz CT molecular complexity index is 328. The summed E-state index contributed by atoms with van der Waals surface area (Å²) in [6.45, 7) is 10.9. The highest BCUT2D eigenvalue weighted by Crippen LogP contribution is 2.73. The average molecular weight is 239 g/mol. The van der Waals surface area contributed by atoms with Gasteiger partial charge in [-0.05, 0) is 42.4 Å². The highest BCUT2D eigenvalue weighted by atomic mass is 32.2. The Morgan fingerprint density at radius 1 is 1.44 bits per heavy atom. The van der Waals surface area contributed by atoms with Crippen molar-refractivity contribution in [2.45, 2.75) is 51.2 Å². The molecule has 2 bridgehead atoms. The maximum absolute atomic E-state index is 10.7. The van der Waals surface area contributed by atoms with Gasteiger partial charge in [0.15, 0.2) is 0 Å². The molecular weight excluding hydrogens is 218 g/mol. The van der Waals surface area contributed by atoms with Crippen molar-refractivity contribution >= 4 is 11.9 Å². The van der Waals surface area contributed by atoms with Crippen molar-refractivity contribution in [3.05, 3.63) is 17.6 Å². The summed E-state index contributed by atoms with van der Waals surface area (Å²) < 4.78 is 3.23. The first-order chi connectivity index (χ1) is 7.42. The topological polar surface area (TPSA) is 29.4 Å². The molecule has 0 aromatic heterocycles. The Morgan fingerprint density at radius 3 is 2.69 bits per heavy atom. The average Bonchev–Trinajstić information content (AvgIpc) is 2.61. The Kier molecular flexibility index (Phi) is 2.73. The minimum atomic E-state index is 0.0805. The van der Waals surface area contributed by atoms with Gasteiger partial charge < -0.3 is 0 Å². The lowest BCUT2D eigenvalue weighted by Crippen LogP contribution is -2.43. The molecule has 2 rings (SSSR count). The van der Waals surface area contributed by atoms with Gasteiger partial charge in [0.25, 0.3) is 0 Å². The fraction of sp³-hybridized carbons (Fsp3) is 0.846. The molecule has 3 unspecified atom stereocenters. The van der Waals surface area contributed by atoms with E-state index in [4.69, 9.17) is 0 Å². The molecule has 2 nitrogen and oxygen atoms in total. The highest BCUT2D eigenvalue weighted by Gasteiger charge is 2.67. The van der Waals surface area contributed by atoms with Crippen LogP contribution in [0.15, 0.2) is 17.2 Å². The van der Waals surface area contributed by atoms with Crippen molar-refractivity contribution in [3.63, 3.8) is 0 Å². The van der Waals surface area contributed by atoms with Crippen LogP contribution in [0.1, 0.15) is 46.5 Å². The molecule has 0 radical (unpaired) electrons. The summed E-state index contributed by atoms with van der Waals surface area (Å²) in [6, 6.07) is 0. The van der Waals surface area contributed by atoms with Gasteiger partial charge >= 0.3 is 0 Å². The van der Waals surface area contributed by atoms with Crippen LogP contribution in [0.25, 0.3) is 0 Å². The van der Waals surface area contributed by atoms with E-state index in [9.17, 15) is 4.91 Å². The molecule has 90 valence electrons. The molecule has 0 aromatic rings. The van der Waals surface area contributed by atoms with Crippen LogP contribution in [0, 0.1) is 21.7 Å². The van der Waals surface area contributed by atoms with E-state index in [2.05, 4.69) is 31.9 Å². The van der Waals surface area contributed by atoms with Crippen molar-refractivity contribution in [1.29, 1.82) is 0 Å². The summed E-state index contributed by atoms with van der Waals surface area (Å²) in [7, 11) is 0. The fourth-order valence-electron chi connectivity index (χ4n) is 4.37. The van der Waals surface area contributed by atoms with E-state index in [1.54, 1.807) is 0 Å². The van der Waals surface area contributed by atoms with Crippen LogP contribution >= 0.6 is 11.9 Å². The number of allylic oxidation sites excluding steroid dienone is 1. The summed E-state index contributed by atoms with van der Waals surface area (Å²) in [5.41, 5.74) is 0.572. The Hall–Kier alpha value is -0.310. The third-order valence-electron chi connectivity index (χ3n) is 5.29. The largest absolute Gasteiger partial charge is 0.137 e. The zero-order valence-electron chi connectivity index (χ0n) is 10.5. The maximum atomic E-state index is 10.7. The lowest BCUT2D eigenvalue weighted by molar-refractivity contribution is 0.0882. The Balaban J connectivity index is 2.38. The SMILES string of the molecule is C=CCC1C2(C)CCC(SN=O)(C2)C1(C)C. The van der Waals surface area contributed by atoms with Crippen LogP contribution in [0.4, 0.5) is 0 Å². The highest BCUT2D eigenvalue weighted by molar-refractivity contribution is 7.99. The maximum Gasteiger partial charge on any atom is 0.0471 e. The van der Waals surface area contributed by atoms with E-state index in [1.807, 2.05) is 6.08 Å². The molecule has 0 aliphatic heterocycles. The predicted octanol–water partition coefficient (Wildman–Crippen LogP) is 4.56. The summed E-state index contributed by atoms with van der Waals surface area (Å²) in [4.78, 5) is 10.7. The van der Waals surface area contributed by atoms with E-state index in [0.29, 0.717) is 11.3 Å². The predicted molar refractivity (Wildman–Crippen MR) is 70.2 cm³/mol. The molecule has 0 spiro atoms. The summed E-state index contributed by atoms with van der Waals surface area (Å²) >= 11 is 1.30. The van der Waals surface area contributed by atoms with E-state index in [1.165, 1.54) is 18.4 Å². The van der Waals surface area contributed by atoms with E-state index < -0.39 is 0 Å². The molecule has 16 heavy (non-hydrogen) atoms. The molecule has 0 aromatic carbocycles. The number of hydrogen-bond acceptors (Lipinski definition) is 3. The third kappa shape index (κ3) is 1.33. The third-order valence-corrected chi connectivity index (χ3v) is 6.59. The van der Waals surface area contributed by atoms with Gasteiger partial charge in [-0.25, -0.2) is 0 Å². The molecular formula is C13H21NOS. The molecule has 3 heteroatoms. The molecule has 2 aliphatic carbocycles. The standard InChI is InChI=1S/C13H21NOS/c1-5-6-10-11(2,3)13(16-14-15)8-7-12(10,4)9-13/h5,10H,1,6-9H2,2-4H3. The summed E-state index contributed by atoms with van der Waals surface area (Å²) in [5.74, 6) is 0.639. The minimum absolute atomic E-state index is 0.0805. The molecule has 2 aliphatic rings. The van der Waals surface area contributed by atoms with Crippen LogP contribution < -0.4 is 0 Å². The molecule has 3 atom stereocenters. The Labute approximate surface area is 102 Å². The first kappa shape index (κ1) is 12.2. The number of fused-ring (bicyclic) bond motifs is 2. The minimum Gasteiger partial charge on any atom is -0.137 e. The van der Waals surface area contributed by atoms with Gasteiger partial charge in [-0.1, -0.05) is 26.8 Å². The van der Waals surface area contributed by atoms with Crippen molar-refractivity contribution in [2.75, 3.05) is 0 Å². The zero-order chi connectivity index (χ0) is 12.0. The van der Waals surface area contributed by atoms with Crippen LogP contribution in [0.3, 0.4) is 0 Å². The smallest absolute Gasteiger partial charge is 0.0471 e. The van der Waals surface area contributed by atoms with Crippen LogP contribution in [-0.2, 0) is 0 Å². The van der Waals surface area contributed by atoms with Crippen molar-refractivity contribution in [1.82, 2.24) is 0 Å². The van der Waals surface area contributed by atoms with Crippen molar-refractivity contribution in [2.24, 2.45) is 21.3 Å². The molecule has 2 saturated carbocycles.